The van der Waals surface area contributed by atoms with Gasteiger partial charge in [0.05, 0.1) is 3.57 Å². The van der Waals surface area contributed by atoms with Gasteiger partial charge in [-0.05, 0) is 77.7 Å². The van der Waals surface area contributed by atoms with Crippen LogP contribution in [0.4, 0.5) is 4.39 Å². The van der Waals surface area contributed by atoms with Crippen molar-refractivity contribution in [3.8, 4) is 0 Å². The van der Waals surface area contributed by atoms with Crippen LogP contribution in [0.25, 0.3) is 0 Å². The second kappa shape index (κ2) is 7.77. The van der Waals surface area contributed by atoms with Gasteiger partial charge >= 0.3 is 0 Å². The highest BCUT2D eigenvalue weighted by Crippen LogP contribution is 2.39. The number of benzene rings is 1. The lowest BCUT2D eigenvalue weighted by Crippen LogP contribution is -2.14. The van der Waals surface area contributed by atoms with Crippen LogP contribution in [0.2, 0.25) is 0 Å². The molecule has 0 bridgehead atoms. The Morgan fingerprint density at radius 1 is 1.10 bits per heavy atom. The summed E-state index contributed by atoms with van der Waals surface area (Å²) in [5, 5.41) is 0. The number of hydrogen-bond donors (Lipinski definition) is 0. The molecule has 1 aromatic carbocycles. The normalized spacial score (nSPS) is 23.0. The van der Waals surface area contributed by atoms with Crippen LogP contribution < -0.4 is 0 Å². The van der Waals surface area contributed by atoms with Gasteiger partial charge in [-0.15, -0.1) is 0 Å². The minimum Gasteiger partial charge on any atom is -0.206 e. The first-order valence-corrected chi connectivity index (χ1v) is 9.22. The molecule has 1 saturated carbocycles. The number of aryl methyl sites for hydroxylation is 1. The molecule has 0 radical (unpaired) electrons. The molecule has 0 N–H and O–H groups in total. The van der Waals surface area contributed by atoms with Crippen LogP contribution in [0, 0.1) is 15.3 Å². The summed E-state index contributed by atoms with van der Waals surface area (Å²) in [7, 11) is 0. The molecule has 0 aliphatic heterocycles. The maximum absolute atomic E-state index is 14.4. The zero-order valence-corrected chi connectivity index (χ0v) is 14.9. The zero-order chi connectivity index (χ0) is 14.5. The van der Waals surface area contributed by atoms with Crippen molar-refractivity contribution in [3.63, 3.8) is 0 Å². The molecule has 0 atom stereocenters. The maximum atomic E-state index is 14.4. The summed E-state index contributed by atoms with van der Waals surface area (Å²) in [4.78, 5) is 0. The zero-order valence-electron chi connectivity index (χ0n) is 12.7. The molecule has 1 aliphatic carbocycles. The molecule has 1 fully saturated rings. The van der Waals surface area contributed by atoms with E-state index >= 15 is 0 Å². The Balaban J connectivity index is 2.08. The van der Waals surface area contributed by atoms with Crippen LogP contribution in [0.5, 0.6) is 0 Å². The van der Waals surface area contributed by atoms with Crippen LogP contribution in [-0.2, 0) is 6.42 Å². The van der Waals surface area contributed by atoms with Gasteiger partial charge in [-0.2, -0.15) is 0 Å². The molecule has 0 heterocycles. The molecule has 0 spiro atoms. The lowest BCUT2D eigenvalue weighted by molar-refractivity contribution is 0.307. The van der Waals surface area contributed by atoms with E-state index in [2.05, 4.69) is 42.5 Å². The number of hydrogen-bond acceptors (Lipinski definition) is 0. The molecule has 0 nitrogen and oxygen atoms in total. The van der Waals surface area contributed by atoms with Crippen LogP contribution in [0.15, 0.2) is 12.1 Å². The minimum absolute atomic E-state index is 0.0423. The molecule has 2 rings (SSSR count). The predicted molar refractivity (Wildman–Crippen MR) is 92.7 cm³/mol. The first kappa shape index (κ1) is 16.3. The summed E-state index contributed by atoms with van der Waals surface area (Å²) >= 11 is 2.22. The third-order valence-electron chi connectivity index (χ3n) is 4.69. The average molecular weight is 388 g/mol. The molecule has 20 heavy (non-hydrogen) atoms. The quantitative estimate of drug-likeness (QED) is 0.508. The van der Waals surface area contributed by atoms with Gasteiger partial charge in [0.2, 0.25) is 0 Å². The van der Waals surface area contributed by atoms with E-state index in [-0.39, 0.29) is 5.82 Å². The Morgan fingerprint density at radius 2 is 1.80 bits per heavy atom. The monoisotopic (exact) mass is 388 g/mol. The van der Waals surface area contributed by atoms with Gasteiger partial charge in [0, 0.05) is 0 Å². The largest absolute Gasteiger partial charge is 0.206 e. The van der Waals surface area contributed by atoms with Gasteiger partial charge in [-0.25, -0.2) is 4.39 Å². The second-order valence-electron chi connectivity index (χ2n) is 6.20. The van der Waals surface area contributed by atoms with Gasteiger partial charge in [0.1, 0.15) is 5.82 Å². The van der Waals surface area contributed by atoms with E-state index in [1.54, 1.807) is 0 Å². The van der Waals surface area contributed by atoms with Crippen LogP contribution >= 0.6 is 22.6 Å². The standard InChI is InChI=1S/C18H26FI/c1-3-5-13-7-9-14(10-8-13)16-12-11-15(6-4-2)17(19)18(16)20/h11-14H,3-10H2,1-2H3. The SMILES string of the molecule is CCCc1ccc(C2CCC(CCC)CC2)c(I)c1F. The molecule has 1 aliphatic rings. The molecule has 0 aromatic heterocycles. The molecule has 0 saturated heterocycles. The molecule has 1 aromatic rings. The van der Waals surface area contributed by atoms with E-state index in [1.165, 1.54) is 44.1 Å². The summed E-state index contributed by atoms with van der Waals surface area (Å²) in [5.41, 5.74) is 2.15. The molecule has 0 amide bonds. The van der Waals surface area contributed by atoms with Crippen molar-refractivity contribution in [2.75, 3.05) is 0 Å². The topological polar surface area (TPSA) is 0 Å². The molecule has 112 valence electrons. The maximum Gasteiger partial charge on any atom is 0.139 e. The highest BCUT2D eigenvalue weighted by Gasteiger charge is 2.24. The predicted octanol–water partition coefficient (Wildman–Crippen LogP) is 6.46. The van der Waals surface area contributed by atoms with E-state index in [4.69, 9.17) is 0 Å². The number of halogens is 2. The van der Waals surface area contributed by atoms with E-state index in [1.807, 2.05) is 6.07 Å². The Hall–Kier alpha value is -0.120. The fraction of sp³-hybridized carbons (Fsp3) is 0.667. The second-order valence-corrected chi connectivity index (χ2v) is 7.28. The summed E-state index contributed by atoms with van der Waals surface area (Å²) in [6.07, 6.45) is 9.67. The summed E-state index contributed by atoms with van der Waals surface area (Å²) in [6, 6.07) is 4.22. The van der Waals surface area contributed by atoms with Crippen molar-refractivity contribution in [2.45, 2.75) is 71.1 Å². The smallest absolute Gasteiger partial charge is 0.139 e. The van der Waals surface area contributed by atoms with E-state index in [0.717, 1.165) is 27.9 Å². The molecular weight excluding hydrogens is 362 g/mol. The van der Waals surface area contributed by atoms with E-state index in [0.29, 0.717) is 5.92 Å². The summed E-state index contributed by atoms with van der Waals surface area (Å²) in [6.45, 7) is 4.38. The van der Waals surface area contributed by atoms with E-state index in [9.17, 15) is 4.39 Å². The fourth-order valence-corrected chi connectivity index (χ4v) is 4.52. The lowest BCUT2D eigenvalue weighted by atomic mass is 9.77. The van der Waals surface area contributed by atoms with Crippen molar-refractivity contribution in [1.82, 2.24) is 0 Å². The average Bonchev–Trinajstić information content (AvgIpc) is 2.46. The number of rotatable bonds is 5. The van der Waals surface area contributed by atoms with Gasteiger partial charge < -0.3 is 0 Å². The minimum atomic E-state index is 0.0423. The van der Waals surface area contributed by atoms with Crippen LogP contribution in [-0.4, -0.2) is 0 Å². The third kappa shape index (κ3) is 3.75. The van der Waals surface area contributed by atoms with Crippen molar-refractivity contribution < 1.29 is 4.39 Å². The van der Waals surface area contributed by atoms with Crippen molar-refractivity contribution >= 4 is 22.6 Å². The van der Waals surface area contributed by atoms with E-state index < -0.39 is 0 Å². The third-order valence-corrected chi connectivity index (χ3v) is 5.79. The Labute approximate surface area is 136 Å². The highest BCUT2D eigenvalue weighted by molar-refractivity contribution is 14.1. The Kier molecular flexibility index (Phi) is 6.31. The van der Waals surface area contributed by atoms with Gasteiger partial charge in [0.15, 0.2) is 0 Å². The van der Waals surface area contributed by atoms with Crippen molar-refractivity contribution in [2.24, 2.45) is 5.92 Å². The first-order valence-electron chi connectivity index (χ1n) is 8.14. The Morgan fingerprint density at radius 3 is 2.40 bits per heavy atom. The lowest BCUT2D eigenvalue weighted by Gasteiger charge is -2.29. The molecule has 0 unspecified atom stereocenters. The summed E-state index contributed by atoms with van der Waals surface area (Å²) < 4.78 is 15.3. The first-order chi connectivity index (χ1) is 9.67. The fourth-order valence-electron chi connectivity index (χ4n) is 3.55. The molecule has 2 heteroatoms. The van der Waals surface area contributed by atoms with Crippen molar-refractivity contribution in [1.29, 1.82) is 0 Å². The molecular formula is C18H26FI. The highest BCUT2D eigenvalue weighted by atomic mass is 127. The van der Waals surface area contributed by atoms with Gasteiger partial charge in [-0.1, -0.05) is 45.2 Å². The van der Waals surface area contributed by atoms with Crippen LogP contribution in [0.3, 0.4) is 0 Å². The summed E-state index contributed by atoms with van der Waals surface area (Å²) in [5.74, 6) is 1.54. The van der Waals surface area contributed by atoms with Gasteiger partial charge in [0.25, 0.3) is 0 Å². The van der Waals surface area contributed by atoms with Crippen molar-refractivity contribution in [3.05, 3.63) is 32.6 Å². The Bertz CT molecular complexity index is 433. The van der Waals surface area contributed by atoms with Crippen LogP contribution in [0.1, 0.15) is 75.8 Å². The van der Waals surface area contributed by atoms with Gasteiger partial charge in [-0.3, -0.25) is 0 Å².